The molecular weight excluding hydrogens is 224 g/mol. The summed E-state index contributed by atoms with van der Waals surface area (Å²) in [4.78, 5) is 3.90. The smallest absolute Gasteiger partial charge is 0.233 e. The second kappa shape index (κ2) is 3.35. The molecule has 0 spiro atoms. The Labute approximate surface area is 85.6 Å². The zero-order valence-corrected chi connectivity index (χ0v) is 8.94. The summed E-state index contributed by atoms with van der Waals surface area (Å²) in [6, 6.07) is -0.0488. The van der Waals surface area contributed by atoms with E-state index in [9.17, 15) is 8.42 Å². The van der Waals surface area contributed by atoms with Crippen LogP contribution < -0.4 is 11.1 Å². The van der Waals surface area contributed by atoms with Crippen molar-refractivity contribution in [3.8, 4) is 0 Å². The second-order valence-corrected chi connectivity index (χ2v) is 6.18. The van der Waals surface area contributed by atoms with Crippen molar-refractivity contribution in [2.75, 3.05) is 22.6 Å². The fourth-order valence-corrected chi connectivity index (χ4v) is 3.62. The van der Waals surface area contributed by atoms with E-state index in [1.807, 2.05) is 0 Å². The van der Waals surface area contributed by atoms with Crippen LogP contribution in [0.15, 0.2) is 0 Å². The Morgan fingerprint density at radius 2 is 2.36 bits per heavy atom. The predicted molar refractivity (Wildman–Crippen MR) is 55.0 cm³/mol. The van der Waals surface area contributed by atoms with Gasteiger partial charge in [-0.25, -0.2) is 8.42 Å². The van der Waals surface area contributed by atoms with Gasteiger partial charge in [0.05, 0.1) is 11.5 Å². The van der Waals surface area contributed by atoms with Crippen molar-refractivity contribution in [1.82, 2.24) is 9.36 Å². The van der Waals surface area contributed by atoms with E-state index in [-0.39, 0.29) is 23.5 Å². The van der Waals surface area contributed by atoms with Gasteiger partial charge in [0.1, 0.15) is 0 Å². The maximum absolute atomic E-state index is 11.1. The van der Waals surface area contributed by atoms with Crippen LogP contribution in [0.3, 0.4) is 0 Å². The Kier molecular flexibility index (Phi) is 2.31. The molecule has 1 atom stereocenters. The van der Waals surface area contributed by atoms with Crippen LogP contribution in [0, 0.1) is 0 Å². The lowest BCUT2D eigenvalue weighted by Gasteiger charge is -2.07. The zero-order valence-electron chi connectivity index (χ0n) is 7.30. The standard InChI is InChI=1S/C6H10N4O2S2/c7-5-9-6(13-10-5)8-4-1-2-14(11,12)3-4/h4H,1-3H2,(H3,7,8,9,10). The summed E-state index contributed by atoms with van der Waals surface area (Å²) in [6.45, 7) is 0. The van der Waals surface area contributed by atoms with Crippen LogP contribution in [0.25, 0.3) is 0 Å². The summed E-state index contributed by atoms with van der Waals surface area (Å²) in [5.74, 6) is 0.643. The van der Waals surface area contributed by atoms with Crippen LogP contribution in [-0.2, 0) is 9.84 Å². The van der Waals surface area contributed by atoms with Gasteiger partial charge in [0.2, 0.25) is 11.1 Å². The van der Waals surface area contributed by atoms with E-state index in [1.54, 1.807) is 0 Å². The highest BCUT2D eigenvalue weighted by Crippen LogP contribution is 2.19. The van der Waals surface area contributed by atoms with Crippen LogP contribution >= 0.6 is 11.5 Å². The molecule has 1 saturated heterocycles. The lowest BCUT2D eigenvalue weighted by molar-refractivity contribution is 0.602. The largest absolute Gasteiger partial charge is 0.367 e. The van der Waals surface area contributed by atoms with Crippen molar-refractivity contribution in [2.24, 2.45) is 0 Å². The molecule has 1 unspecified atom stereocenters. The summed E-state index contributed by atoms with van der Waals surface area (Å²) >= 11 is 1.14. The van der Waals surface area contributed by atoms with E-state index in [0.29, 0.717) is 11.6 Å². The molecule has 0 bridgehead atoms. The number of nitrogens with one attached hydrogen (secondary N) is 1. The van der Waals surface area contributed by atoms with Crippen molar-refractivity contribution < 1.29 is 8.42 Å². The van der Waals surface area contributed by atoms with Crippen LogP contribution in [-0.4, -0.2) is 35.3 Å². The van der Waals surface area contributed by atoms with Gasteiger partial charge in [0.25, 0.3) is 0 Å². The molecule has 2 heterocycles. The average Bonchev–Trinajstić information content (AvgIpc) is 2.59. The molecule has 0 aliphatic carbocycles. The van der Waals surface area contributed by atoms with Gasteiger partial charge < -0.3 is 11.1 Å². The fourth-order valence-electron chi connectivity index (χ4n) is 1.38. The van der Waals surface area contributed by atoms with Crippen molar-refractivity contribution in [2.45, 2.75) is 12.5 Å². The molecule has 2 rings (SSSR count). The third-order valence-corrected chi connectivity index (χ3v) is 4.43. The van der Waals surface area contributed by atoms with Crippen molar-refractivity contribution >= 4 is 32.4 Å². The summed E-state index contributed by atoms with van der Waals surface area (Å²) < 4.78 is 26.1. The zero-order chi connectivity index (χ0) is 10.2. The third kappa shape index (κ3) is 2.13. The molecule has 1 aromatic heterocycles. The number of sulfone groups is 1. The fraction of sp³-hybridized carbons (Fsp3) is 0.667. The normalized spacial score (nSPS) is 25.0. The monoisotopic (exact) mass is 234 g/mol. The lowest BCUT2D eigenvalue weighted by Crippen LogP contribution is -2.20. The average molecular weight is 234 g/mol. The minimum absolute atomic E-state index is 0.0488. The van der Waals surface area contributed by atoms with Gasteiger partial charge in [-0.1, -0.05) is 0 Å². The Balaban J connectivity index is 2.00. The van der Waals surface area contributed by atoms with Gasteiger partial charge in [-0.15, -0.1) is 0 Å². The molecule has 1 fully saturated rings. The van der Waals surface area contributed by atoms with Gasteiger partial charge >= 0.3 is 0 Å². The molecule has 0 aromatic carbocycles. The van der Waals surface area contributed by atoms with E-state index in [2.05, 4.69) is 14.7 Å². The van der Waals surface area contributed by atoms with Crippen molar-refractivity contribution in [3.63, 3.8) is 0 Å². The van der Waals surface area contributed by atoms with Gasteiger partial charge in [-0.05, 0) is 6.42 Å². The maximum Gasteiger partial charge on any atom is 0.233 e. The second-order valence-electron chi connectivity index (χ2n) is 3.20. The number of nitrogens with two attached hydrogens (primary N) is 1. The number of aromatic nitrogens is 2. The third-order valence-electron chi connectivity index (χ3n) is 2.00. The van der Waals surface area contributed by atoms with Crippen LogP contribution in [0.5, 0.6) is 0 Å². The number of nitrogen functional groups attached to an aromatic ring is 1. The van der Waals surface area contributed by atoms with Gasteiger partial charge in [0.15, 0.2) is 9.84 Å². The van der Waals surface area contributed by atoms with E-state index >= 15 is 0 Å². The number of hydrogen-bond acceptors (Lipinski definition) is 7. The molecule has 0 saturated carbocycles. The topological polar surface area (TPSA) is 98.0 Å². The van der Waals surface area contributed by atoms with E-state index in [0.717, 1.165) is 11.5 Å². The quantitative estimate of drug-likeness (QED) is 0.730. The minimum Gasteiger partial charge on any atom is -0.367 e. The first-order valence-corrected chi connectivity index (χ1v) is 6.71. The first-order valence-electron chi connectivity index (χ1n) is 4.11. The molecule has 6 nitrogen and oxygen atoms in total. The summed E-state index contributed by atoms with van der Waals surface area (Å²) in [7, 11) is -2.85. The van der Waals surface area contributed by atoms with Gasteiger partial charge in [0, 0.05) is 17.6 Å². The first kappa shape index (κ1) is 9.66. The molecule has 14 heavy (non-hydrogen) atoms. The molecular formula is C6H10N4O2S2. The summed E-state index contributed by atoms with van der Waals surface area (Å²) in [5.41, 5.74) is 5.34. The summed E-state index contributed by atoms with van der Waals surface area (Å²) in [5, 5.41) is 3.59. The highest BCUT2D eigenvalue weighted by Gasteiger charge is 2.28. The number of rotatable bonds is 2. The molecule has 0 amide bonds. The number of hydrogen-bond donors (Lipinski definition) is 2. The van der Waals surface area contributed by atoms with E-state index in [1.165, 1.54) is 0 Å². The van der Waals surface area contributed by atoms with Gasteiger partial charge in [-0.3, -0.25) is 0 Å². The maximum atomic E-state index is 11.1. The van der Waals surface area contributed by atoms with Crippen LogP contribution in [0.1, 0.15) is 6.42 Å². The lowest BCUT2D eigenvalue weighted by atomic mass is 10.3. The number of anilines is 2. The summed E-state index contributed by atoms with van der Waals surface area (Å²) in [6.07, 6.45) is 0.627. The highest BCUT2D eigenvalue weighted by molar-refractivity contribution is 7.91. The van der Waals surface area contributed by atoms with E-state index < -0.39 is 9.84 Å². The van der Waals surface area contributed by atoms with Crippen LogP contribution in [0.2, 0.25) is 0 Å². The van der Waals surface area contributed by atoms with Gasteiger partial charge in [-0.2, -0.15) is 9.36 Å². The van der Waals surface area contributed by atoms with Crippen LogP contribution in [0.4, 0.5) is 11.1 Å². The Bertz CT molecular complexity index is 427. The van der Waals surface area contributed by atoms with E-state index in [4.69, 9.17) is 5.73 Å². The highest BCUT2D eigenvalue weighted by atomic mass is 32.2. The SMILES string of the molecule is Nc1nsc(NC2CCS(=O)(=O)C2)n1. The molecule has 8 heteroatoms. The molecule has 1 aliphatic heterocycles. The molecule has 1 aliphatic rings. The van der Waals surface area contributed by atoms with Crippen molar-refractivity contribution in [3.05, 3.63) is 0 Å². The molecule has 0 radical (unpaired) electrons. The molecule has 3 N–H and O–H groups in total. The predicted octanol–water partition coefficient (Wildman–Crippen LogP) is -0.281. The molecule has 78 valence electrons. The Morgan fingerprint density at radius 3 is 2.86 bits per heavy atom. The first-order chi connectivity index (χ1) is 6.55. The molecule has 1 aromatic rings. The Morgan fingerprint density at radius 1 is 1.57 bits per heavy atom. The number of nitrogens with zero attached hydrogens (tertiary/aromatic N) is 2. The van der Waals surface area contributed by atoms with Crippen molar-refractivity contribution in [1.29, 1.82) is 0 Å². The Hall–Kier alpha value is -0.890. The minimum atomic E-state index is -2.85.